The highest BCUT2D eigenvalue weighted by Gasteiger charge is 2.66. The molecule has 27 heavy (non-hydrogen) atoms. The van der Waals surface area contributed by atoms with Crippen molar-refractivity contribution in [2.75, 3.05) is 6.54 Å². The molecular weight excluding hydrogens is 362 g/mol. The number of hydrogen-bond donors (Lipinski definition) is 0. The molecule has 0 aliphatic carbocycles. The van der Waals surface area contributed by atoms with Crippen LogP contribution in [0.2, 0.25) is 5.02 Å². The molecule has 0 unspecified atom stereocenters. The molecule has 2 aromatic carbocycles. The van der Waals surface area contributed by atoms with Crippen molar-refractivity contribution < 1.29 is 14.3 Å². The summed E-state index contributed by atoms with van der Waals surface area (Å²) in [5.74, 6) is -0.996. The first-order valence-electron chi connectivity index (χ1n) is 9.07. The van der Waals surface area contributed by atoms with E-state index in [1.807, 2.05) is 47.4 Å². The Labute approximate surface area is 162 Å². The van der Waals surface area contributed by atoms with E-state index >= 15 is 0 Å². The van der Waals surface area contributed by atoms with Gasteiger partial charge in [-0.15, -0.1) is 0 Å². The first-order chi connectivity index (χ1) is 13.1. The van der Waals surface area contributed by atoms with Crippen molar-refractivity contribution in [2.24, 2.45) is 11.8 Å². The lowest BCUT2D eigenvalue weighted by Gasteiger charge is -2.23. The zero-order valence-electron chi connectivity index (χ0n) is 14.5. The number of halogens is 1. The van der Waals surface area contributed by atoms with E-state index in [9.17, 15) is 9.59 Å². The number of ketones is 1. The summed E-state index contributed by atoms with van der Waals surface area (Å²) in [5.41, 5.74) is 0.961. The van der Waals surface area contributed by atoms with E-state index in [4.69, 9.17) is 16.3 Å². The van der Waals surface area contributed by atoms with Crippen LogP contribution in [-0.2, 0) is 16.1 Å². The molecule has 0 N–H and O–H groups in total. The summed E-state index contributed by atoms with van der Waals surface area (Å²) in [4.78, 5) is 28.2. The molecule has 5 rings (SSSR count). The highest BCUT2D eigenvalue weighted by atomic mass is 35.5. The third-order valence-corrected chi connectivity index (χ3v) is 6.08. The molecule has 2 fully saturated rings. The Hall–Kier alpha value is -2.43. The van der Waals surface area contributed by atoms with Gasteiger partial charge >= 0.3 is 0 Å². The van der Waals surface area contributed by atoms with Crippen molar-refractivity contribution in [1.82, 2.24) is 4.90 Å². The van der Waals surface area contributed by atoms with E-state index in [2.05, 4.69) is 0 Å². The first-order valence-corrected chi connectivity index (χ1v) is 9.45. The van der Waals surface area contributed by atoms with Crippen LogP contribution < -0.4 is 0 Å². The number of carbonyl (C=O) groups is 2. The maximum absolute atomic E-state index is 13.2. The second kappa shape index (κ2) is 6.04. The maximum atomic E-state index is 13.2. The molecule has 2 bridgehead atoms. The third-order valence-electron chi connectivity index (χ3n) is 5.83. The van der Waals surface area contributed by atoms with Gasteiger partial charge in [0, 0.05) is 17.1 Å². The summed E-state index contributed by atoms with van der Waals surface area (Å²) < 4.78 is 6.18. The number of benzene rings is 2. The smallest absolute Gasteiger partial charge is 0.230 e. The van der Waals surface area contributed by atoms with E-state index in [0.29, 0.717) is 23.7 Å². The summed E-state index contributed by atoms with van der Waals surface area (Å²) >= 11 is 5.94. The summed E-state index contributed by atoms with van der Waals surface area (Å²) in [5, 5.41) is 0.582. The molecule has 1 amide bonds. The number of hydrogen-bond acceptors (Lipinski definition) is 3. The lowest BCUT2D eigenvalue weighted by molar-refractivity contribution is -0.132. The van der Waals surface area contributed by atoms with Crippen LogP contribution in [0, 0.1) is 11.8 Å². The van der Waals surface area contributed by atoms with Gasteiger partial charge < -0.3 is 9.64 Å². The zero-order chi connectivity index (χ0) is 18.6. The number of carbonyl (C=O) groups excluding carboxylic acids is 2. The SMILES string of the molecule is O=C(c1ccc(Cl)cc1)[C@@H]1[C@H]2C(=O)N(Cc3ccccc3)C[C@@]23C=C[C@H]1O3. The van der Waals surface area contributed by atoms with Crippen molar-refractivity contribution in [1.29, 1.82) is 0 Å². The molecule has 0 saturated carbocycles. The summed E-state index contributed by atoms with van der Waals surface area (Å²) in [6, 6.07) is 16.7. The minimum absolute atomic E-state index is 0.00184. The molecule has 3 heterocycles. The molecule has 3 aliphatic rings. The van der Waals surface area contributed by atoms with Crippen LogP contribution in [-0.4, -0.2) is 34.8 Å². The standard InChI is InChI=1S/C22H18ClNO3/c23-16-8-6-15(7-9-16)20(25)18-17-10-11-22(27-17)13-24(21(26)19(18)22)12-14-4-2-1-3-5-14/h1-11,17-19H,12-13H2/t17-,18+,19+,22+/m1/s1. The lowest BCUT2D eigenvalue weighted by Crippen LogP contribution is -2.39. The van der Waals surface area contributed by atoms with Gasteiger partial charge in [0.05, 0.1) is 24.5 Å². The molecular formula is C22H18ClNO3. The van der Waals surface area contributed by atoms with Gasteiger partial charge in [-0.3, -0.25) is 9.59 Å². The van der Waals surface area contributed by atoms with Crippen LogP contribution in [0.25, 0.3) is 0 Å². The van der Waals surface area contributed by atoms with Gasteiger partial charge in [0.25, 0.3) is 0 Å². The van der Waals surface area contributed by atoms with E-state index in [1.54, 1.807) is 24.3 Å². The average molecular weight is 380 g/mol. The molecule has 5 heteroatoms. The number of rotatable bonds is 4. The zero-order valence-corrected chi connectivity index (χ0v) is 15.3. The molecule has 1 spiro atoms. The van der Waals surface area contributed by atoms with E-state index in [0.717, 1.165) is 5.56 Å². The molecule has 4 atom stereocenters. The normalized spacial score (nSPS) is 30.8. The average Bonchev–Trinajstić information content (AvgIpc) is 3.31. The summed E-state index contributed by atoms with van der Waals surface area (Å²) in [6.45, 7) is 1.02. The molecule has 0 aromatic heterocycles. The Morgan fingerprint density at radius 2 is 1.89 bits per heavy atom. The first kappa shape index (κ1) is 16.7. The molecule has 4 nitrogen and oxygen atoms in total. The van der Waals surface area contributed by atoms with Gasteiger partial charge in [0.2, 0.25) is 5.91 Å². The number of ether oxygens (including phenoxy) is 1. The van der Waals surface area contributed by atoms with Crippen LogP contribution >= 0.6 is 11.6 Å². The number of amides is 1. The Morgan fingerprint density at radius 1 is 1.15 bits per heavy atom. The fourth-order valence-corrected chi connectivity index (χ4v) is 4.75. The minimum Gasteiger partial charge on any atom is -0.360 e. The minimum atomic E-state index is -0.677. The largest absolute Gasteiger partial charge is 0.360 e. The fraction of sp³-hybridized carbons (Fsp3) is 0.273. The van der Waals surface area contributed by atoms with Crippen molar-refractivity contribution in [2.45, 2.75) is 18.2 Å². The fourth-order valence-electron chi connectivity index (χ4n) is 4.62. The summed E-state index contributed by atoms with van der Waals surface area (Å²) in [6.07, 6.45) is 3.59. The van der Waals surface area contributed by atoms with Gasteiger partial charge in [0.1, 0.15) is 5.60 Å². The predicted octanol–water partition coefficient (Wildman–Crippen LogP) is 3.50. The van der Waals surface area contributed by atoms with Gasteiger partial charge in [0.15, 0.2) is 5.78 Å². The van der Waals surface area contributed by atoms with Crippen LogP contribution in [0.1, 0.15) is 15.9 Å². The second-order valence-corrected chi connectivity index (χ2v) is 7.89. The highest BCUT2D eigenvalue weighted by molar-refractivity contribution is 6.30. The molecule has 3 aliphatic heterocycles. The maximum Gasteiger partial charge on any atom is 0.230 e. The number of Topliss-reactive ketones (excluding diaryl/α,β-unsaturated/α-hetero) is 1. The topological polar surface area (TPSA) is 46.6 Å². The van der Waals surface area contributed by atoms with Crippen molar-refractivity contribution in [3.63, 3.8) is 0 Å². The number of fused-ring (bicyclic) bond motifs is 1. The van der Waals surface area contributed by atoms with Gasteiger partial charge in [-0.1, -0.05) is 54.1 Å². The van der Waals surface area contributed by atoms with Gasteiger partial charge in [-0.05, 0) is 29.8 Å². The highest BCUT2D eigenvalue weighted by Crippen LogP contribution is 2.52. The molecule has 2 aromatic rings. The number of nitrogens with zero attached hydrogens (tertiary/aromatic N) is 1. The predicted molar refractivity (Wildman–Crippen MR) is 101 cm³/mol. The Balaban J connectivity index is 1.45. The molecule has 136 valence electrons. The monoisotopic (exact) mass is 379 g/mol. The van der Waals surface area contributed by atoms with Crippen LogP contribution in [0.15, 0.2) is 66.7 Å². The Bertz CT molecular complexity index is 940. The van der Waals surface area contributed by atoms with Gasteiger partial charge in [-0.2, -0.15) is 0 Å². The molecule has 2 saturated heterocycles. The lowest BCUT2D eigenvalue weighted by atomic mass is 9.74. The summed E-state index contributed by atoms with van der Waals surface area (Å²) in [7, 11) is 0. The van der Waals surface area contributed by atoms with E-state index in [1.165, 1.54) is 0 Å². The van der Waals surface area contributed by atoms with Gasteiger partial charge in [-0.25, -0.2) is 0 Å². The molecule has 0 radical (unpaired) electrons. The van der Waals surface area contributed by atoms with E-state index in [-0.39, 0.29) is 17.8 Å². The van der Waals surface area contributed by atoms with Crippen LogP contribution in [0.4, 0.5) is 0 Å². The van der Waals surface area contributed by atoms with Crippen molar-refractivity contribution >= 4 is 23.3 Å². The second-order valence-electron chi connectivity index (χ2n) is 7.45. The van der Waals surface area contributed by atoms with Crippen LogP contribution in [0.5, 0.6) is 0 Å². The quantitative estimate of drug-likeness (QED) is 0.603. The number of likely N-dealkylation sites (tertiary alicyclic amines) is 1. The van der Waals surface area contributed by atoms with Crippen molar-refractivity contribution in [3.05, 3.63) is 82.9 Å². The third kappa shape index (κ3) is 2.55. The van der Waals surface area contributed by atoms with Crippen LogP contribution in [0.3, 0.4) is 0 Å². The van der Waals surface area contributed by atoms with E-state index < -0.39 is 17.4 Å². The Kier molecular flexibility index (Phi) is 3.74. The Morgan fingerprint density at radius 3 is 2.63 bits per heavy atom. The van der Waals surface area contributed by atoms with Crippen molar-refractivity contribution in [3.8, 4) is 0 Å².